The Morgan fingerprint density at radius 1 is 1.22 bits per heavy atom. The summed E-state index contributed by atoms with van der Waals surface area (Å²) in [6.45, 7) is 1.59. The molecule has 0 unspecified atom stereocenters. The van der Waals surface area contributed by atoms with E-state index >= 15 is 0 Å². The number of amides is 1. The highest BCUT2D eigenvalue weighted by Crippen LogP contribution is 2.41. The Bertz CT molecular complexity index is 691. The summed E-state index contributed by atoms with van der Waals surface area (Å²) < 4.78 is 1.72. The number of benzene rings is 1. The van der Waals surface area contributed by atoms with Gasteiger partial charge in [-0.3, -0.25) is 4.79 Å². The summed E-state index contributed by atoms with van der Waals surface area (Å²) in [7, 11) is 1.84. The molecule has 7 heteroatoms. The number of carbonyl (C=O) groups is 1. The number of aromatic nitrogens is 4. The van der Waals surface area contributed by atoms with Crippen molar-refractivity contribution in [2.24, 2.45) is 0 Å². The van der Waals surface area contributed by atoms with Gasteiger partial charge in [0.2, 0.25) is 5.91 Å². The van der Waals surface area contributed by atoms with Crippen molar-refractivity contribution >= 4 is 17.5 Å². The Balaban J connectivity index is 2.09. The van der Waals surface area contributed by atoms with Crippen LogP contribution in [0.1, 0.15) is 44.9 Å². The maximum atomic E-state index is 12.1. The lowest BCUT2D eigenvalue weighted by molar-refractivity contribution is -0.135. The van der Waals surface area contributed by atoms with E-state index in [9.17, 15) is 4.79 Å². The molecule has 0 saturated heterocycles. The third kappa shape index (κ3) is 2.83. The molecule has 0 radical (unpaired) electrons. The topological polar surface area (TPSA) is 63.9 Å². The van der Waals surface area contributed by atoms with E-state index in [0.29, 0.717) is 5.02 Å². The molecule has 122 valence electrons. The maximum absolute atomic E-state index is 12.1. The lowest BCUT2D eigenvalue weighted by Gasteiger charge is -2.42. The third-order valence-corrected chi connectivity index (χ3v) is 5.00. The number of halogens is 1. The zero-order valence-corrected chi connectivity index (χ0v) is 14.1. The van der Waals surface area contributed by atoms with Crippen molar-refractivity contribution in [1.82, 2.24) is 25.1 Å². The summed E-state index contributed by atoms with van der Waals surface area (Å²) in [4.78, 5) is 13.9. The molecule has 1 aromatic carbocycles. The van der Waals surface area contributed by atoms with Gasteiger partial charge in [0.05, 0.1) is 5.69 Å². The molecule has 0 bridgehead atoms. The Labute approximate surface area is 140 Å². The van der Waals surface area contributed by atoms with E-state index < -0.39 is 5.54 Å². The van der Waals surface area contributed by atoms with Crippen LogP contribution in [0.25, 0.3) is 5.69 Å². The van der Waals surface area contributed by atoms with Crippen LogP contribution in [0.4, 0.5) is 0 Å². The van der Waals surface area contributed by atoms with Crippen molar-refractivity contribution in [3.63, 3.8) is 0 Å². The van der Waals surface area contributed by atoms with Crippen LogP contribution in [0.5, 0.6) is 0 Å². The molecule has 0 aliphatic heterocycles. The molecule has 1 fully saturated rings. The van der Waals surface area contributed by atoms with E-state index in [1.54, 1.807) is 16.5 Å². The standard InChI is InChI=1S/C16H20ClN5O/c1-12(23)21(2)16(10-4-3-5-11-16)15-18-19-20-22(15)14-8-6-13(17)7-9-14/h6-9H,3-5,10-11H2,1-2H3. The van der Waals surface area contributed by atoms with E-state index in [0.717, 1.165) is 37.2 Å². The summed E-state index contributed by atoms with van der Waals surface area (Å²) in [6.07, 6.45) is 5.04. The number of hydrogen-bond acceptors (Lipinski definition) is 4. The first-order valence-corrected chi connectivity index (χ1v) is 8.21. The molecule has 1 saturated carbocycles. The van der Waals surface area contributed by atoms with Crippen LogP contribution in [0.2, 0.25) is 5.02 Å². The van der Waals surface area contributed by atoms with Crippen LogP contribution in [-0.2, 0) is 10.3 Å². The van der Waals surface area contributed by atoms with Crippen LogP contribution < -0.4 is 0 Å². The summed E-state index contributed by atoms with van der Waals surface area (Å²) in [5.74, 6) is 0.745. The smallest absolute Gasteiger partial charge is 0.220 e. The van der Waals surface area contributed by atoms with Crippen molar-refractivity contribution in [3.05, 3.63) is 35.1 Å². The fraction of sp³-hybridized carbons (Fsp3) is 0.500. The van der Waals surface area contributed by atoms with Gasteiger partial charge in [0.1, 0.15) is 5.54 Å². The van der Waals surface area contributed by atoms with Crippen molar-refractivity contribution in [2.45, 2.75) is 44.6 Å². The highest BCUT2D eigenvalue weighted by Gasteiger charge is 2.43. The second-order valence-electron chi connectivity index (χ2n) is 6.06. The molecule has 1 heterocycles. The average Bonchev–Trinajstić information content (AvgIpc) is 3.05. The summed E-state index contributed by atoms with van der Waals surface area (Å²) in [5, 5.41) is 13.0. The van der Waals surface area contributed by atoms with E-state index in [4.69, 9.17) is 11.6 Å². The Kier molecular flexibility index (Phi) is 4.35. The molecular weight excluding hydrogens is 314 g/mol. The Hall–Kier alpha value is -1.95. The van der Waals surface area contributed by atoms with Crippen LogP contribution >= 0.6 is 11.6 Å². The van der Waals surface area contributed by atoms with Gasteiger partial charge < -0.3 is 4.90 Å². The van der Waals surface area contributed by atoms with Crippen molar-refractivity contribution in [1.29, 1.82) is 0 Å². The van der Waals surface area contributed by atoms with Crippen LogP contribution in [0.15, 0.2) is 24.3 Å². The fourth-order valence-electron chi connectivity index (χ4n) is 3.38. The van der Waals surface area contributed by atoms with Crippen molar-refractivity contribution < 1.29 is 4.79 Å². The Morgan fingerprint density at radius 2 is 1.87 bits per heavy atom. The summed E-state index contributed by atoms with van der Waals surface area (Å²) in [5.41, 5.74) is 0.393. The van der Waals surface area contributed by atoms with Gasteiger partial charge in [-0.05, 0) is 47.5 Å². The second-order valence-corrected chi connectivity index (χ2v) is 6.50. The lowest BCUT2D eigenvalue weighted by atomic mass is 9.79. The number of rotatable bonds is 3. The molecule has 1 amide bonds. The fourth-order valence-corrected chi connectivity index (χ4v) is 3.51. The SMILES string of the molecule is CC(=O)N(C)C1(c2nnnn2-c2ccc(Cl)cc2)CCCCC1. The van der Waals surface area contributed by atoms with Crippen molar-refractivity contribution in [3.8, 4) is 5.69 Å². The molecule has 1 aliphatic carbocycles. The Morgan fingerprint density at radius 3 is 2.48 bits per heavy atom. The van der Waals surface area contributed by atoms with Gasteiger partial charge in [-0.1, -0.05) is 30.9 Å². The number of nitrogens with zero attached hydrogens (tertiary/aromatic N) is 5. The lowest BCUT2D eigenvalue weighted by Crippen LogP contribution is -2.49. The molecule has 2 aromatic rings. The van der Waals surface area contributed by atoms with Crippen LogP contribution in [0, 0.1) is 0 Å². The summed E-state index contributed by atoms with van der Waals surface area (Å²) >= 11 is 5.97. The molecule has 0 atom stereocenters. The molecule has 23 heavy (non-hydrogen) atoms. The normalized spacial score (nSPS) is 17.0. The average molecular weight is 334 g/mol. The number of hydrogen-bond donors (Lipinski definition) is 0. The highest BCUT2D eigenvalue weighted by molar-refractivity contribution is 6.30. The van der Waals surface area contributed by atoms with E-state index in [2.05, 4.69) is 15.5 Å². The second kappa shape index (κ2) is 6.28. The van der Waals surface area contributed by atoms with Gasteiger partial charge >= 0.3 is 0 Å². The van der Waals surface area contributed by atoms with Gasteiger partial charge in [-0.2, -0.15) is 4.68 Å². The minimum atomic E-state index is -0.451. The van der Waals surface area contributed by atoms with Gasteiger partial charge in [0.25, 0.3) is 0 Å². The predicted molar refractivity (Wildman–Crippen MR) is 87.4 cm³/mol. The first-order chi connectivity index (χ1) is 11.0. The predicted octanol–water partition coefficient (Wildman–Crippen LogP) is 2.95. The minimum Gasteiger partial charge on any atom is -0.333 e. The van der Waals surface area contributed by atoms with E-state index in [1.807, 2.05) is 31.3 Å². The number of carbonyl (C=O) groups excluding carboxylic acids is 1. The van der Waals surface area contributed by atoms with Gasteiger partial charge in [-0.15, -0.1) is 5.10 Å². The van der Waals surface area contributed by atoms with Crippen LogP contribution in [-0.4, -0.2) is 38.1 Å². The zero-order chi connectivity index (χ0) is 16.4. The van der Waals surface area contributed by atoms with E-state index in [1.165, 1.54) is 6.42 Å². The van der Waals surface area contributed by atoms with Gasteiger partial charge in [0.15, 0.2) is 5.82 Å². The third-order valence-electron chi connectivity index (χ3n) is 4.75. The quantitative estimate of drug-likeness (QED) is 0.866. The molecule has 0 N–H and O–H groups in total. The van der Waals surface area contributed by atoms with Gasteiger partial charge in [0, 0.05) is 19.0 Å². The molecule has 6 nitrogen and oxygen atoms in total. The molecular formula is C16H20ClN5O. The monoisotopic (exact) mass is 333 g/mol. The first-order valence-electron chi connectivity index (χ1n) is 7.84. The molecule has 1 aromatic heterocycles. The van der Waals surface area contributed by atoms with E-state index in [-0.39, 0.29) is 5.91 Å². The minimum absolute atomic E-state index is 0.0255. The maximum Gasteiger partial charge on any atom is 0.220 e. The van der Waals surface area contributed by atoms with Crippen molar-refractivity contribution in [2.75, 3.05) is 7.05 Å². The number of tetrazole rings is 1. The largest absolute Gasteiger partial charge is 0.333 e. The molecule has 3 rings (SSSR count). The first kappa shape index (κ1) is 15.9. The molecule has 0 spiro atoms. The molecule has 1 aliphatic rings. The van der Waals surface area contributed by atoms with Crippen LogP contribution in [0.3, 0.4) is 0 Å². The zero-order valence-electron chi connectivity index (χ0n) is 13.4. The highest BCUT2D eigenvalue weighted by atomic mass is 35.5. The summed E-state index contributed by atoms with van der Waals surface area (Å²) in [6, 6.07) is 7.38. The van der Waals surface area contributed by atoms with Gasteiger partial charge in [-0.25, -0.2) is 0 Å².